The maximum atomic E-state index is 12.3. The number of anilines is 1. The zero-order chi connectivity index (χ0) is 14.3. The lowest BCUT2D eigenvalue weighted by molar-refractivity contribution is -0.142. The quantitative estimate of drug-likeness (QED) is 0.863. The van der Waals surface area contributed by atoms with Crippen molar-refractivity contribution >= 4 is 28.7 Å². The standard InChI is InChI=1S/C12H16N4O3S/c1-6-13-11(20-15-6)14-12(19)16-5-7-3-2-4-8(7)9(16)10(17)18/h7-9H,2-5H2,1H3,(H,17,18)(H,13,14,15,19). The van der Waals surface area contributed by atoms with Gasteiger partial charge in [0.25, 0.3) is 0 Å². The van der Waals surface area contributed by atoms with Crippen molar-refractivity contribution in [3.63, 3.8) is 0 Å². The molecule has 20 heavy (non-hydrogen) atoms. The Balaban J connectivity index is 1.75. The highest BCUT2D eigenvalue weighted by atomic mass is 32.1. The number of nitrogens with one attached hydrogen (secondary N) is 1. The van der Waals surface area contributed by atoms with Crippen molar-refractivity contribution in [2.45, 2.75) is 32.2 Å². The van der Waals surface area contributed by atoms with Gasteiger partial charge in [-0.3, -0.25) is 5.32 Å². The summed E-state index contributed by atoms with van der Waals surface area (Å²) in [7, 11) is 0. The van der Waals surface area contributed by atoms with E-state index in [9.17, 15) is 14.7 Å². The third kappa shape index (κ3) is 2.24. The van der Waals surface area contributed by atoms with Gasteiger partial charge in [0.1, 0.15) is 11.9 Å². The summed E-state index contributed by atoms with van der Waals surface area (Å²) in [6.45, 7) is 2.26. The monoisotopic (exact) mass is 296 g/mol. The number of hydrogen-bond donors (Lipinski definition) is 2. The summed E-state index contributed by atoms with van der Waals surface area (Å²) in [5.74, 6) is 0.0915. The summed E-state index contributed by atoms with van der Waals surface area (Å²) in [6.07, 6.45) is 2.96. The number of aliphatic carboxylic acids is 1. The first kappa shape index (κ1) is 13.3. The van der Waals surface area contributed by atoms with Crippen LogP contribution in [0.15, 0.2) is 0 Å². The van der Waals surface area contributed by atoms with Crippen molar-refractivity contribution in [3.05, 3.63) is 5.82 Å². The molecular weight excluding hydrogens is 280 g/mol. The predicted octanol–water partition coefficient (Wildman–Crippen LogP) is 1.56. The van der Waals surface area contributed by atoms with Crippen molar-refractivity contribution in [2.75, 3.05) is 11.9 Å². The van der Waals surface area contributed by atoms with Gasteiger partial charge in [-0.25, -0.2) is 14.6 Å². The van der Waals surface area contributed by atoms with Crippen LogP contribution in [0.1, 0.15) is 25.1 Å². The first-order chi connectivity index (χ1) is 9.56. The zero-order valence-corrected chi connectivity index (χ0v) is 11.9. The fourth-order valence-electron chi connectivity index (χ4n) is 3.34. The van der Waals surface area contributed by atoms with Gasteiger partial charge in [0.15, 0.2) is 0 Å². The minimum atomic E-state index is -0.914. The number of carbonyl (C=O) groups is 2. The molecule has 108 valence electrons. The van der Waals surface area contributed by atoms with Crippen LogP contribution in [-0.2, 0) is 4.79 Å². The number of carbonyl (C=O) groups excluding carboxylic acids is 1. The topological polar surface area (TPSA) is 95.4 Å². The van der Waals surface area contributed by atoms with Crippen LogP contribution in [0, 0.1) is 18.8 Å². The van der Waals surface area contributed by atoms with Gasteiger partial charge in [0.2, 0.25) is 5.13 Å². The second-order valence-electron chi connectivity index (χ2n) is 5.37. The van der Waals surface area contributed by atoms with Crippen LogP contribution in [0.2, 0.25) is 0 Å². The highest BCUT2D eigenvalue weighted by molar-refractivity contribution is 7.09. The van der Waals surface area contributed by atoms with E-state index >= 15 is 0 Å². The van der Waals surface area contributed by atoms with Gasteiger partial charge in [-0.2, -0.15) is 4.37 Å². The molecule has 2 aliphatic rings. The first-order valence-electron chi connectivity index (χ1n) is 6.67. The van der Waals surface area contributed by atoms with Crippen LogP contribution in [0.25, 0.3) is 0 Å². The molecule has 0 radical (unpaired) electrons. The zero-order valence-electron chi connectivity index (χ0n) is 11.1. The molecule has 0 spiro atoms. The number of nitrogens with zero attached hydrogens (tertiary/aromatic N) is 3. The molecule has 2 fully saturated rings. The lowest BCUT2D eigenvalue weighted by atomic mass is 9.94. The van der Waals surface area contributed by atoms with Crippen LogP contribution in [-0.4, -0.2) is 44.0 Å². The van der Waals surface area contributed by atoms with Gasteiger partial charge in [-0.1, -0.05) is 6.42 Å². The Morgan fingerprint density at radius 2 is 2.25 bits per heavy atom. The van der Waals surface area contributed by atoms with E-state index in [1.54, 1.807) is 6.92 Å². The van der Waals surface area contributed by atoms with Crippen LogP contribution >= 0.6 is 11.5 Å². The molecule has 1 aliphatic heterocycles. The molecule has 0 bridgehead atoms. The highest BCUT2D eigenvalue weighted by Crippen LogP contribution is 2.42. The van der Waals surface area contributed by atoms with E-state index in [0.29, 0.717) is 23.4 Å². The molecule has 3 atom stereocenters. The number of aryl methyl sites for hydroxylation is 1. The van der Waals surface area contributed by atoms with Crippen LogP contribution < -0.4 is 5.32 Å². The third-order valence-electron chi connectivity index (χ3n) is 4.15. The number of rotatable bonds is 2. The van der Waals surface area contributed by atoms with E-state index in [4.69, 9.17) is 0 Å². The molecular formula is C12H16N4O3S. The maximum Gasteiger partial charge on any atom is 0.326 e. The normalized spacial score (nSPS) is 28.4. The van der Waals surface area contributed by atoms with E-state index in [2.05, 4.69) is 14.7 Å². The van der Waals surface area contributed by atoms with Crippen LogP contribution in [0.4, 0.5) is 9.93 Å². The van der Waals surface area contributed by atoms with Crippen molar-refractivity contribution in [3.8, 4) is 0 Å². The summed E-state index contributed by atoms with van der Waals surface area (Å²) in [5.41, 5.74) is 0. The molecule has 0 aromatic carbocycles. The smallest absolute Gasteiger partial charge is 0.326 e. The Morgan fingerprint density at radius 3 is 2.90 bits per heavy atom. The van der Waals surface area contributed by atoms with Crippen LogP contribution in [0.3, 0.4) is 0 Å². The number of amides is 2. The van der Waals surface area contributed by atoms with E-state index in [1.165, 1.54) is 4.90 Å². The number of carboxylic acids is 1. The Bertz CT molecular complexity index is 547. The molecule has 1 aliphatic carbocycles. The Hall–Kier alpha value is -1.70. The van der Waals surface area contributed by atoms with Gasteiger partial charge in [0, 0.05) is 18.1 Å². The first-order valence-corrected chi connectivity index (χ1v) is 7.44. The van der Waals surface area contributed by atoms with Gasteiger partial charge >= 0.3 is 12.0 Å². The van der Waals surface area contributed by atoms with E-state index in [-0.39, 0.29) is 11.9 Å². The highest BCUT2D eigenvalue weighted by Gasteiger charge is 2.49. The molecule has 3 rings (SSSR count). The molecule has 1 saturated heterocycles. The Labute approximate surface area is 120 Å². The lowest BCUT2D eigenvalue weighted by Crippen LogP contribution is -2.45. The maximum absolute atomic E-state index is 12.3. The fraction of sp³-hybridized carbons (Fsp3) is 0.667. The number of fused-ring (bicyclic) bond motifs is 1. The Morgan fingerprint density at radius 1 is 1.45 bits per heavy atom. The summed E-state index contributed by atoms with van der Waals surface area (Å²) < 4.78 is 3.99. The molecule has 1 aromatic heterocycles. The van der Waals surface area contributed by atoms with Crippen molar-refractivity contribution in [1.82, 2.24) is 14.3 Å². The molecule has 3 unspecified atom stereocenters. The fourth-order valence-corrected chi connectivity index (χ4v) is 3.91. The number of carboxylic acid groups (broad SMARTS) is 1. The molecule has 7 nitrogen and oxygen atoms in total. The number of aromatic nitrogens is 2. The van der Waals surface area contributed by atoms with Gasteiger partial charge in [-0.05, 0) is 31.6 Å². The summed E-state index contributed by atoms with van der Waals surface area (Å²) >= 11 is 1.10. The average molecular weight is 296 g/mol. The summed E-state index contributed by atoms with van der Waals surface area (Å²) in [5, 5.41) is 12.5. The van der Waals surface area contributed by atoms with Gasteiger partial charge in [0.05, 0.1) is 0 Å². The van der Waals surface area contributed by atoms with Gasteiger partial charge < -0.3 is 10.0 Å². The minimum Gasteiger partial charge on any atom is -0.480 e. The SMILES string of the molecule is Cc1nsc(NC(=O)N2CC3CCCC3C2C(=O)O)n1. The van der Waals surface area contributed by atoms with Crippen molar-refractivity contribution < 1.29 is 14.7 Å². The van der Waals surface area contributed by atoms with E-state index < -0.39 is 12.0 Å². The number of likely N-dealkylation sites (tertiary alicyclic amines) is 1. The Kier molecular flexibility index (Phi) is 3.33. The van der Waals surface area contributed by atoms with E-state index in [0.717, 1.165) is 30.8 Å². The van der Waals surface area contributed by atoms with Crippen LogP contribution in [0.5, 0.6) is 0 Å². The average Bonchev–Trinajstić information content (AvgIpc) is 3.02. The largest absolute Gasteiger partial charge is 0.480 e. The molecule has 8 heteroatoms. The number of hydrogen-bond acceptors (Lipinski definition) is 5. The third-order valence-corrected chi connectivity index (χ3v) is 4.87. The number of urea groups is 1. The summed E-state index contributed by atoms with van der Waals surface area (Å²) in [6, 6.07) is -1.10. The second-order valence-corrected chi connectivity index (χ2v) is 6.12. The minimum absolute atomic E-state index is 0.0920. The molecule has 1 aromatic rings. The van der Waals surface area contributed by atoms with Crippen molar-refractivity contribution in [2.24, 2.45) is 11.8 Å². The summed E-state index contributed by atoms with van der Waals surface area (Å²) in [4.78, 5) is 29.2. The molecule has 1 saturated carbocycles. The second kappa shape index (κ2) is 5.01. The lowest BCUT2D eigenvalue weighted by Gasteiger charge is -2.23. The molecule has 2 amide bonds. The molecule has 2 N–H and O–H groups in total. The van der Waals surface area contributed by atoms with E-state index in [1.807, 2.05) is 0 Å². The van der Waals surface area contributed by atoms with Gasteiger partial charge in [-0.15, -0.1) is 0 Å². The van der Waals surface area contributed by atoms with Crippen molar-refractivity contribution in [1.29, 1.82) is 0 Å². The molecule has 2 heterocycles. The predicted molar refractivity (Wildman–Crippen MR) is 72.6 cm³/mol.